The predicted molar refractivity (Wildman–Crippen MR) is 62.5 cm³/mol. The Morgan fingerprint density at radius 3 is 2.93 bits per heavy atom. The molecule has 1 saturated carbocycles. The Bertz CT molecular complexity index is 352. The molecule has 0 aromatic rings. The first kappa shape index (κ1) is 10.2. The summed E-state index contributed by atoms with van der Waals surface area (Å²) in [6.45, 7) is 0. The zero-order valence-corrected chi connectivity index (χ0v) is 8.86. The summed E-state index contributed by atoms with van der Waals surface area (Å²) in [6.07, 6.45) is 18.1. The SMILES string of the molecule is O=C(C=CC1CC1)C1=CC=CC=CCC1. The quantitative estimate of drug-likeness (QED) is 0.638. The molecule has 15 heavy (non-hydrogen) atoms. The Morgan fingerprint density at radius 2 is 2.13 bits per heavy atom. The molecule has 0 aromatic heterocycles. The molecule has 1 nitrogen and oxygen atoms in total. The highest BCUT2D eigenvalue weighted by atomic mass is 16.1. The number of allylic oxidation sites excluding steroid dienone is 8. The number of ketones is 1. The predicted octanol–water partition coefficient (Wildman–Crippen LogP) is 3.35. The Balaban J connectivity index is 1.98. The summed E-state index contributed by atoms with van der Waals surface area (Å²) in [5, 5.41) is 0. The summed E-state index contributed by atoms with van der Waals surface area (Å²) >= 11 is 0. The second-order valence-corrected chi connectivity index (χ2v) is 4.10. The van der Waals surface area contributed by atoms with E-state index in [0.29, 0.717) is 5.92 Å². The van der Waals surface area contributed by atoms with Crippen molar-refractivity contribution in [3.63, 3.8) is 0 Å². The van der Waals surface area contributed by atoms with Crippen molar-refractivity contribution in [1.82, 2.24) is 0 Å². The first-order valence-electron chi connectivity index (χ1n) is 5.61. The van der Waals surface area contributed by atoms with Gasteiger partial charge < -0.3 is 0 Å². The fourth-order valence-electron chi connectivity index (χ4n) is 1.56. The fraction of sp³-hybridized carbons (Fsp3) is 0.357. The lowest BCUT2D eigenvalue weighted by molar-refractivity contribution is -0.111. The summed E-state index contributed by atoms with van der Waals surface area (Å²) < 4.78 is 0. The summed E-state index contributed by atoms with van der Waals surface area (Å²) in [6, 6.07) is 0. The van der Waals surface area contributed by atoms with Crippen molar-refractivity contribution in [3.05, 3.63) is 48.1 Å². The van der Waals surface area contributed by atoms with Crippen LogP contribution in [0, 0.1) is 5.92 Å². The third-order valence-electron chi connectivity index (χ3n) is 2.69. The summed E-state index contributed by atoms with van der Waals surface area (Å²) in [7, 11) is 0. The van der Waals surface area contributed by atoms with Gasteiger partial charge in [-0.3, -0.25) is 4.79 Å². The van der Waals surface area contributed by atoms with E-state index in [9.17, 15) is 4.79 Å². The molecule has 0 atom stereocenters. The molecule has 0 aromatic carbocycles. The number of rotatable bonds is 3. The minimum atomic E-state index is 0.182. The van der Waals surface area contributed by atoms with E-state index >= 15 is 0 Å². The molecule has 1 fully saturated rings. The van der Waals surface area contributed by atoms with Crippen LogP contribution in [-0.4, -0.2) is 5.78 Å². The highest BCUT2D eigenvalue weighted by molar-refractivity contribution is 6.04. The van der Waals surface area contributed by atoms with Crippen molar-refractivity contribution >= 4 is 5.78 Å². The molecule has 0 aliphatic heterocycles. The number of hydrogen-bond acceptors (Lipinski definition) is 1. The first-order valence-corrected chi connectivity index (χ1v) is 5.61. The van der Waals surface area contributed by atoms with E-state index < -0.39 is 0 Å². The first-order chi connectivity index (χ1) is 7.36. The average molecular weight is 200 g/mol. The average Bonchev–Trinajstić information content (AvgIpc) is 2.97. The molecule has 0 heterocycles. The van der Waals surface area contributed by atoms with Gasteiger partial charge >= 0.3 is 0 Å². The highest BCUT2D eigenvalue weighted by Crippen LogP contribution is 2.30. The van der Waals surface area contributed by atoms with Crippen LogP contribution in [0.15, 0.2) is 48.1 Å². The van der Waals surface area contributed by atoms with Gasteiger partial charge in [0.05, 0.1) is 0 Å². The highest BCUT2D eigenvalue weighted by Gasteiger charge is 2.17. The van der Waals surface area contributed by atoms with Crippen molar-refractivity contribution in [2.45, 2.75) is 25.7 Å². The smallest absolute Gasteiger partial charge is 0.181 e. The normalized spacial score (nSPS) is 21.2. The van der Waals surface area contributed by atoms with Gasteiger partial charge in [0, 0.05) is 0 Å². The number of hydrogen-bond donors (Lipinski definition) is 0. The van der Waals surface area contributed by atoms with Crippen molar-refractivity contribution in [3.8, 4) is 0 Å². The van der Waals surface area contributed by atoms with Gasteiger partial charge in [-0.15, -0.1) is 0 Å². The van der Waals surface area contributed by atoms with Gasteiger partial charge in [0.25, 0.3) is 0 Å². The molecule has 0 radical (unpaired) electrons. The van der Waals surface area contributed by atoms with Gasteiger partial charge in [0.1, 0.15) is 0 Å². The molecule has 0 amide bonds. The molecule has 2 rings (SSSR count). The van der Waals surface area contributed by atoms with Crippen molar-refractivity contribution < 1.29 is 4.79 Å². The van der Waals surface area contributed by atoms with E-state index in [1.807, 2.05) is 24.3 Å². The standard InChI is InChI=1S/C14H16O/c15-14(11-10-12-8-9-12)13-6-4-2-1-3-5-7-13/h1-4,6,10-12H,5,7-9H2. The lowest BCUT2D eigenvalue weighted by Gasteiger charge is -2.01. The van der Waals surface area contributed by atoms with E-state index in [1.165, 1.54) is 12.8 Å². The largest absolute Gasteiger partial charge is 0.290 e. The fourth-order valence-corrected chi connectivity index (χ4v) is 1.56. The summed E-state index contributed by atoms with van der Waals surface area (Å²) in [5.74, 6) is 0.861. The van der Waals surface area contributed by atoms with E-state index in [1.54, 1.807) is 6.08 Å². The lowest BCUT2D eigenvalue weighted by atomic mass is 10.0. The molecule has 2 aliphatic carbocycles. The van der Waals surface area contributed by atoms with Gasteiger partial charge in [-0.05, 0) is 43.3 Å². The maximum Gasteiger partial charge on any atom is 0.181 e. The van der Waals surface area contributed by atoms with Crippen molar-refractivity contribution in [1.29, 1.82) is 0 Å². The Hall–Kier alpha value is -1.37. The minimum Gasteiger partial charge on any atom is -0.290 e. The topological polar surface area (TPSA) is 17.1 Å². The van der Waals surface area contributed by atoms with Crippen LogP contribution in [0.2, 0.25) is 0 Å². The zero-order valence-electron chi connectivity index (χ0n) is 8.86. The van der Waals surface area contributed by atoms with E-state index in [2.05, 4.69) is 12.2 Å². The molecule has 2 aliphatic rings. The van der Waals surface area contributed by atoms with E-state index in [0.717, 1.165) is 18.4 Å². The van der Waals surface area contributed by atoms with Crippen LogP contribution in [0.1, 0.15) is 25.7 Å². The van der Waals surface area contributed by atoms with Crippen LogP contribution in [0.5, 0.6) is 0 Å². The van der Waals surface area contributed by atoms with Gasteiger partial charge in [-0.1, -0.05) is 36.5 Å². The molecule has 1 heteroatoms. The van der Waals surface area contributed by atoms with Crippen LogP contribution in [0.25, 0.3) is 0 Å². The van der Waals surface area contributed by atoms with Crippen LogP contribution >= 0.6 is 0 Å². The Kier molecular flexibility index (Phi) is 3.33. The number of carbonyl (C=O) groups is 1. The summed E-state index contributed by atoms with van der Waals surface area (Å²) in [5.41, 5.74) is 0.924. The second kappa shape index (κ2) is 4.92. The molecular weight excluding hydrogens is 184 g/mol. The van der Waals surface area contributed by atoms with E-state index in [4.69, 9.17) is 0 Å². The maximum atomic E-state index is 11.8. The molecule has 0 saturated heterocycles. The van der Waals surface area contributed by atoms with Crippen LogP contribution in [-0.2, 0) is 4.79 Å². The van der Waals surface area contributed by atoms with Crippen LogP contribution in [0.4, 0.5) is 0 Å². The molecule has 0 unspecified atom stereocenters. The van der Waals surface area contributed by atoms with Crippen LogP contribution in [0.3, 0.4) is 0 Å². The molecular formula is C14H16O. The monoisotopic (exact) mass is 200 g/mol. The van der Waals surface area contributed by atoms with Crippen LogP contribution < -0.4 is 0 Å². The van der Waals surface area contributed by atoms with Crippen molar-refractivity contribution in [2.75, 3.05) is 0 Å². The van der Waals surface area contributed by atoms with E-state index in [-0.39, 0.29) is 5.78 Å². The van der Waals surface area contributed by atoms with Gasteiger partial charge in [-0.25, -0.2) is 0 Å². The molecule has 78 valence electrons. The van der Waals surface area contributed by atoms with Gasteiger partial charge in [-0.2, -0.15) is 0 Å². The summed E-state index contributed by atoms with van der Waals surface area (Å²) in [4.78, 5) is 11.8. The Morgan fingerprint density at radius 1 is 1.27 bits per heavy atom. The Labute approximate surface area is 90.9 Å². The third kappa shape index (κ3) is 3.35. The lowest BCUT2D eigenvalue weighted by Crippen LogP contribution is -1.98. The molecule has 0 spiro atoms. The number of carbonyl (C=O) groups excluding carboxylic acids is 1. The zero-order chi connectivity index (χ0) is 10.5. The molecule has 0 bridgehead atoms. The van der Waals surface area contributed by atoms with Crippen molar-refractivity contribution in [2.24, 2.45) is 5.92 Å². The maximum absolute atomic E-state index is 11.8. The minimum absolute atomic E-state index is 0.182. The van der Waals surface area contributed by atoms with Gasteiger partial charge in [0.15, 0.2) is 5.78 Å². The second-order valence-electron chi connectivity index (χ2n) is 4.10. The molecule has 0 N–H and O–H groups in total. The van der Waals surface area contributed by atoms with Gasteiger partial charge in [0.2, 0.25) is 0 Å². The third-order valence-corrected chi connectivity index (χ3v) is 2.69.